The van der Waals surface area contributed by atoms with Crippen LogP contribution in [-0.2, 0) is 6.42 Å². The van der Waals surface area contributed by atoms with Gasteiger partial charge in [-0.1, -0.05) is 18.2 Å². The van der Waals surface area contributed by atoms with Gasteiger partial charge in [-0.05, 0) is 60.9 Å². The molecule has 0 saturated heterocycles. The molecule has 3 aromatic carbocycles. The molecule has 0 saturated carbocycles. The van der Waals surface area contributed by atoms with Crippen molar-refractivity contribution in [3.63, 3.8) is 0 Å². The third-order valence-electron chi connectivity index (χ3n) is 4.54. The summed E-state index contributed by atoms with van der Waals surface area (Å²) in [7, 11) is 1.45. The lowest BCUT2D eigenvalue weighted by atomic mass is 10.0. The highest BCUT2D eigenvalue weighted by Crippen LogP contribution is 2.29. The van der Waals surface area contributed by atoms with E-state index < -0.39 is 11.6 Å². The molecule has 0 radical (unpaired) electrons. The average molecular weight is 397 g/mol. The minimum Gasteiger partial charge on any atom is -0.508 e. The largest absolute Gasteiger partial charge is 0.508 e. The monoisotopic (exact) mass is 397 g/mol. The van der Waals surface area contributed by atoms with Crippen LogP contribution in [0, 0.1) is 11.6 Å². The molecule has 0 aliphatic heterocycles. The Morgan fingerprint density at radius 3 is 2.45 bits per heavy atom. The molecule has 3 rings (SSSR count). The van der Waals surface area contributed by atoms with E-state index in [-0.39, 0.29) is 28.8 Å². The van der Waals surface area contributed by atoms with Crippen LogP contribution in [0.4, 0.5) is 8.78 Å². The van der Waals surface area contributed by atoms with Crippen molar-refractivity contribution < 1.29 is 23.4 Å². The third kappa shape index (κ3) is 4.90. The van der Waals surface area contributed by atoms with Gasteiger partial charge in [0.15, 0.2) is 0 Å². The van der Waals surface area contributed by atoms with E-state index >= 15 is 0 Å². The normalized spacial score (nSPS) is 11.7. The maximum atomic E-state index is 14.1. The van der Waals surface area contributed by atoms with Crippen LogP contribution in [0.2, 0.25) is 0 Å². The molecule has 0 bridgehead atoms. The Balaban J connectivity index is 1.82. The van der Waals surface area contributed by atoms with E-state index in [0.717, 1.165) is 11.6 Å². The molecule has 4 nitrogen and oxygen atoms in total. The van der Waals surface area contributed by atoms with E-state index in [2.05, 4.69) is 5.32 Å². The van der Waals surface area contributed by atoms with Crippen molar-refractivity contribution in [2.45, 2.75) is 19.4 Å². The van der Waals surface area contributed by atoms with Gasteiger partial charge in [-0.15, -0.1) is 0 Å². The predicted octanol–water partition coefficient (Wildman–Crippen LogP) is 4.71. The first-order valence-corrected chi connectivity index (χ1v) is 9.09. The molecule has 1 unspecified atom stereocenters. The molecule has 0 aliphatic carbocycles. The Morgan fingerprint density at radius 2 is 1.79 bits per heavy atom. The van der Waals surface area contributed by atoms with Crippen molar-refractivity contribution in [3.05, 3.63) is 83.4 Å². The summed E-state index contributed by atoms with van der Waals surface area (Å²) in [6.45, 7) is 1.86. The van der Waals surface area contributed by atoms with E-state index in [4.69, 9.17) is 4.74 Å². The van der Waals surface area contributed by atoms with Gasteiger partial charge in [0.05, 0.1) is 12.7 Å². The second-order valence-corrected chi connectivity index (χ2v) is 6.78. The number of methoxy groups -OCH3 is 1. The Kier molecular flexibility index (Phi) is 6.12. The molecular formula is C23H21F2NO3. The zero-order valence-corrected chi connectivity index (χ0v) is 16.1. The van der Waals surface area contributed by atoms with Crippen molar-refractivity contribution in [3.8, 4) is 22.6 Å². The van der Waals surface area contributed by atoms with Gasteiger partial charge in [0.2, 0.25) is 0 Å². The van der Waals surface area contributed by atoms with Crippen LogP contribution in [0.3, 0.4) is 0 Å². The van der Waals surface area contributed by atoms with Crippen LogP contribution in [0.15, 0.2) is 60.7 Å². The van der Waals surface area contributed by atoms with E-state index in [1.54, 1.807) is 36.4 Å². The Morgan fingerprint density at radius 1 is 1.07 bits per heavy atom. The van der Waals surface area contributed by atoms with E-state index in [9.17, 15) is 18.7 Å². The van der Waals surface area contributed by atoms with Gasteiger partial charge >= 0.3 is 0 Å². The fourth-order valence-electron chi connectivity index (χ4n) is 3.11. The summed E-state index contributed by atoms with van der Waals surface area (Å²) in [6, 6.07) is 14.6. The van der Waals surface area contributed by atoms with Crippen LogP contribution in [-0.4, -0.2) is 24.2 Å². The SMILES string of the molecule is COc1ccc(-c2ccc(F)cc2F)cc1C(=O)NC(C)Cc1ccc(O)cc1. The first-order valence-electron chi connectivity index (χ1n) is 9.09. The zero-order valence-electron chi connectivity index (χ0n) is 16.1. The van der Waals surface area contributed by atoms with Crippen LogP contribution >= 0.6 is 0 Å². The molecule has 0 fully saturated rings. The quantitative estimate of drug-likeness (QED) is 0.634. The summed E-state index contributed by atoms with van der Waals surface area (Å²) in [5.41, 5.74) is 1.86. The lowest BCUT2D eigenvalue weighted by Crippen LogP contribution is -2.34. The summed E-state index contributed by atoms with van der Waals surface area (Å²) in [4.78, 5) is 12.8. The Labute approximate surface area is 167 Å². The highest BCUT2D eigenvalue weighted by molar-refractivity contribution is 5.98. The minimum atomic E-state index is -0.706. The number of halogens is 2. The topological polar surface area (TPSA) is 58.6 Å². The lowest BCUT2D eigenvalue weighted by molar-refractivity contribution is 0.0937. The number of carbonyl (C=O) groups excluding carboxylic acids is 1. The van der Waals surface area contributed by atoms with Gasteiger partial charge in [0.1, 0.15) is 23.1 Å². The minimum absolute atomic E-state index is 0.181. The molecule has 0 heterocycles. The number of benzene rings is 3. The lowest BCUT2D eigenvalue weighted by Gasteiger charge is -2.16. The van der Waals surface area contributed by atoms with Crippen molar-refractivity contribution in [2.24, 2.45) is 0 Å². The fourth-order valence-corrected chi connectivity index (χ4v) is 3.11. The maximum Gasteiger partial charge on any atom is 0.255 e. The van der Waals surface area contributed by atoms with Crippen molar-refractivity contribution >= 4 is 5.91 Å². The van der Waals surface area contributed by atoms with E-state index in [0.29, 0.717) is 17.7 Å². The number of phenols is 1. The summed E-state index contributed by atoms with van der Waals surface area (Å²) in [5.74, 6) is -1.20. The Hall–Kier alpha value is -3.41. The van der Waals surface area contributed by atoms with Crippen LogP contribution in [0.1, 0.15) is 22.8 Å². The highest BCUT2D eigenvalue weighted by atomic mass is 19.1. The molecule has 2 N–H and O–H groups in total. The van der Waals surface area contributed by atoms with Crippen LogP contribution in [0.25, 0.3) is 11.1 Å². The predicted molar refractivity (Wildman–Crippen MR) is 107 cm³/mol. The number of amides is 1. The number of carbonyl (C=O) groups is 1. The fraction of sp³-hybridized carbons (Fsp3) is 0.174. The molecular weight excluding hydrogens is 376 g/mol. The van der Waals surface area contributed by atoms with Gasteiger partial charge in [0.25, 0.3) is 5.91 Å². The highest BCUT2D eigenvalue weighted by Gasteiger charge is 2.17. The second kappa shape index (κ2) is 8.73. The van der Waals surface area contributed by atoms with Gasteiger partial charge in [-0.3, -0.25) is 4.79 Å². The number of hydrogen-bond donors (Lipinski definition) is 2. The summed E-state index contributed by atoms with van der Waals surface area (Å²) in [6.07, 6.45) is 0.570. The summed E-state index contributed by atoms with van der Waals surface area (Å²) >= 11 is 0. The van der Waals surface area contributed by atoms with Crippen molar-refractivity contribution in [1.82, 2.24) is 5.32 Å². The number of nitrogens with one attached hydrogen (secondary N) is 1. The van der Waals surface area contributed by atoms with Crippen LogP contribution < -0.4 is 10.1 Å². The average Bonchev–Trinajstić information content (AvgIpc) is 2.69. The van der Waals surface area contributed by atoms with Gasteiger partial charge in [-0.25, -0.2) is 8.78 Å². The molecule has 0 aromatic heterocycles. The standard InChI is InChI=1S/C23H21F2NO3/c1-14(11-15-3-7-18(27)8-4-15)26-23(28)20-12-16(5-10-22(20)29-2)19-9-6-17(24)13-21(19)25/h3-10,12-14,27H,11H2,1-2H3,(H,26,28). The second-order valence-electron chi connectivity index (χ2n) is 6.78. The zero-order chi connectivity index (χ0) is 21.0. The molecule has 6 heteroatoms. The summed E-state index contributed by atoms with van der Waals surface area (Å²) in [5, 5.41) is 12.3. The van der Waals surface area contributed by atoms with Gasteiger partial charge < -0.3 is 15.2 Å². The summed E-state index contributed by atoms with van der Waals surface area (Å²) < 4.78 is 32.6. The van der Waals surface area contributed by atoms with Crippen molar-refractivity contribution in [2.75, 3.05) is 7.11 Å². The third-order valence-corrected chi connectivity index (χ3v) is 4.54. The number of phenolic OH excluding ortho intramolecular Hbond substituents is 1. The smallest absolute Gasteiger partial charge is 0.255 e. The van der Waals surface area contributed by atoms with E-state index in [1.165, 1.54) is 25.3 Å². The van der Waals surface area contributed by atoms with Gasteiger partial charge in [-0.2, -0.15) is 0 Å². The molecule has 3 aromatic rings. The van der Waals surface area contributed by atoms with Gasteiger partial charge in [0, 0.05) is 17.7 Å². The number of rotatable bonds is 6. The first-order chi connectivity index (χ1) is 13.9. The molecule has 0 spiro atoms. The maximum absolute atomic E-state index is 14.1. The van der Waals surface area contributed by atoms with E-state index in [1.807, 2.05) is 6.92 Å². The van der Waals surface area contributed by atoms with Crippen molar-refractivity contribution in [1.29, 1.82) is 0 Å². The first kappa shape index (κ1) is 20.3. The number of ether oxygens (including phenoxy) is 1. The number of hydrogen-bond acceptors (Lipinski definition) is 3. The Bertz CT molecular complexity index is 1020. The molecule has 150 valence electrons. The molecule has 1 amide bonds. The molecule has 0 aliphatic rings. The van der Waals surface area contributed by atoms with Crippen LogP contribution in [0.5, 0.6) is 11.5 Å². The molecule has 29 heavy (non-hydrogen) atoms. The molecule has 1 atom stereocenters. The number of aromatic hydroxyl groups is 1.